The van der Waals surface area contributed by atoms with E-state index in [9.17, 15) is 17.8 Å². The van der Waals surface area contributed by atoms with Gasteiger partial charge in [-0.2, -0.15) is 8.42 Å². The molecule has 1 heterocycles. The van der Waals surface area contributed by atoms with Gasteiger partial charge in [-0.3, -0.25) is 14.3 Å². The molecule has 9 heteroatoms. The first-order valence-electron chi connectivity index (χ1n) is 18.5. The lowest BCUT2D eigenvalue weighted by molar-refractivity contribution is -0.143. The smallest absolute Gasteiger partial charge is 0.305 e. The van der Waals surface area contributed by atoms with E-state index >= 15 is 0 Å². The van der Waals surface area contributed by atoms with Gasteiger partial charge >= 0.3 is 5.97 Å². The Kier molecular flexibility index (Phi) is 12.0. The molecule has 1 atom stereocenters. The van der Waals surface area contributed by atoms with E-state index in [1.165, 1.54) is 16.8 Å². The highest BCUT2D eigenvalue weighted by molar-refractivity contribution is 7.86. The zero-order valence-corrected chi connectivity index (χ0v) is 33.2. The molecule has 8 nitrogen and oxygen atoms in total. The molecule has 0 radical (unpaired) electrons. The molecule has 0 bridgehead atoms. The predicted octanol–water partition coefficient (Wildman–Crippen LogP) is 8.70. The first-order chi connectivity index (χ1) is 23.2. The Morgan fingerprint density at radius 1 is 1.12 bits per heavy atom. The lowest BCUT2D eigenvalue weighted by Gasteiger charge is -2.49. The Morgan fingerprint density at radius 3 is 2.42 bits per heavy atom. The average Bonchev–Trinajstić information content (AvgIpc) is 2.98. The van der Waals surface area contributed by atoms with E-state index in [0.717, 1.165) is 66.0 Å². The van der Waals surface area contributed by atoms with Crippen molar-refractivity contribution in [3.8, 4) is 0 Å². The van der Waals surface area contributed by atoms with Crippen molar-refractivity contribution in [1.82, 2.24) is 5.32 Å². The summed E-state index contributed by atoms with van der Waals surface area (Å²) in [6.07, 6.45) is 10.3. The number of hydrogen-bond donors (Lipinski definition) is 2. The van der Waals surface area contributed by atoms with Crippen LogP contribution in [0.4, 0.5) is 5.69 Å². The van der Waals surface area contributed by atoms with Gasteiger partial charge < -0.3 is 15.0 Å². The highest BCUT2D eigenvalue weighted by Crippen LogP contribution is 2.53. The van der Waals surface area contributed by atoms with Gasteiger partial charge in [0, 0.05) is 65.1 Å². The van der Waals surface area contributed by atoms with Crippen molar-refractivity contribution in [3.05, 3.63) is 69.3 Å². The van der Waals surface area contributed by atoms with Crippen molar-refractivity contribution in [2.24, 2.45) is 10.4 Å². The molecule has 0 saturated heterocycles. The molecule has 0 fully saturated rings. The molecule has 2 N–H and O–H groups in total. The number of rotatable bonds is 13. The second-order valence-corrected chi connectivity index (χ2v) is 17.8. The van der Waals surface area contributed by atoms with E-state index in [-0.39, 0.29) is 16.9 Å². The number of ether oxygens (including phenoxy) is 1. The summed E-state index contributed by atoms with van der Waals surface area (Å²) in [7, 11) is -4.31. The minimum atomic E-state index is -4.31. The molecule has 1 aromatic rings. The fraction of sp³-hybridized carbons (Fsp3) is 0.610. The summed E-state index contributed by atoms with van der Waals surface area (Å²) < 4.78 is 40.0. The van der Waals surface area contributed by atoms with E-state index in [1.807, 2.05) is 40.7 Å². The number of carbonyl (C=O) groups excluding carboxylic acids is 1. The normalized spacial score (nSPS) is 20.9. The molecule has 1 aromatic carbocycles. The third kappa shape index (κ3) is 8.82. The summed E-state index contributed by atoms with van der Waals surface area (Å²) in [6, 6.07) is 4.78. The summed E-state index contributed by atoms with van der Waals surface area (Å²) in [5, 5.41) is 3.83. The largest absolute Gasteiger partial charge is 0.466 e. The van der Waals surface area contributed by atoms with Crippen molar-refractivity contribution in [3.63, 3.8) is 0 Å². The maximum absolute atomic E-state index is 12.4. The van der Waals surface area contributed by atoms with Crippen LogP contribution in [0.1, 0.15) is 131 Å². The van der Waals surface area contributed by atoms with Crippen LogP contribution in [0, 0.1) is 5.41 Å². The maximum Gasteiger partial charge on any atom is 0.305 e. The summed E-state index contributed by atoms with van der Waals surface area (Å²) in [4.78, 5) is 19.6. The fourth-order valence-electron chi connectivity index (χ4n) is 7.95. The van der Waals surface area contributed by atoms with Crippen LogP contribution in [0.5, 0.6) is 0 Å². The number of esters is 1. The van der Waals surface area contributed by atoms with Crippen LogP contribution in [0.3, 0.4) is 0 Å². The van der Waals surface area contributed by atoms with E-state index in [0.29, 0.717) is 37.5 Å². The van der Waals surface area contributed by atoms with Crippen LogP contribution in [0.2, 0.25) is 0 Å². The van der Waals surface area contributed by atoms with Crippen LogP contribution in [0.25, 0.3) is 5.70 Å². The number of carbonyl (C=O) groups is 1. The Bertz CT molecular complexity index is 1730. The van der Waals surface area contributed by atoms with Crippen LogP contribution in [-0.4, -0.2) is 62.2 Å². The van der Waals surface area contributed by atoms with Gasteiger partial charge in [0.1, 0.15) is 5.75 Å². The molecule has 2 aliphatic carbocycles. The molecule has 0 aromatic heterocycles. The van der Waals surface area contributed by atoms with Crippen LogP contribution < -0.4 is 10.2 Å². The number of nitrogens with zero attached hydrogens (tertiary/aromatic N) is 2. The first-order valence-corrected chi connectivity index (χ1v) is 20.1. The van der Waals surface area contributed by atoms with E-state index in [4.69, 9.17) is 9.73 Å². The van der Waals surface area contributed by atoms with Gasteiger partial charge in [0.25, 0.3) is 10.1 Å². The van der Waals surface area contributed by atoms with Gasteiger partial charge in [0.2, 0.25) is 0 Å². The van der Waals surface area contributed by atoms with Crippen molar-refractivity contribution in [1.29, 1.82) is 0 Å². The number of unbranched alkanes of at least 4 members (excludes halogenated alkanes) is 1. The standard InChI is InChI=1S/C41H61N3O5S/c1-12-15-18-43-38-31-20-29-27(4)24-40(8,9)44(19-16-17-37(45)49-14-3)36(29)23-34(31)41(10,11)33-22-35(42-13-2)30(21-32(33)38)28(25-39(5,6)7)26-50(46,47)48/h20-23,25,27,43H,12-19,24,26H2,1-11H3,(H,46,47,48)/b28-25-,42-35+. The minimum absolute atomic E-state index is 0.0944. The van der Waals surface area contributed by atoms with Crippen LogP contribution >= 0.6 is 0 Å². The zero-order chi connectivity index (χ0) is 37.2. The summed E-state index contributed by atoms with van der Waals surface area (Å²) in [5.74, 6) is -0.313. The van der Waals surface area contributed by atoms with Gasteiger partial charge in [0.15, 0.2) is 0 Å². The minimum Gasteiger partial charge on any atom is -0.466 e. The number of anilines is 1. The summed E-state index contributed by atoms with van der Waals surface area (Å²) >= 11 is 0. The molecular formula is C41H61N3O5S. The number of hydrogen-bond acceptors (Lipinski definition) is 7. The van der Waals surface area contributed by atoms with Crippen LogP contribution in [0.15, 0.2) is 57.6 Å². The third-order valence-electron chi connectivity index (χ3n) is 10.1. The molecule has 1 unspecified atom stereocenters. The number of allylic oxidation sites excluding steroid dienone is 6. The average molecular weight is 708 g/mol. The van der Waals surface area contributed by atoms with Gasteiger partial charge in [-0.1, -0.05) is 61.0 Å². The number of fused-ring (bicyclic) bond motifs is 3. The monoisotopic (exact) mass is 707 g/mol. The van der Waals surface area contributed by atoms with Gasteiger partial charge in [0.05, 0.1) is 12.3 Å². The maximum atomic E-state index is 12.4. The zero-order valence-electron chi connectivity index (χ0n) is 32.4. The summed E-state index contributed by atoms with van der Waals surface area (Å²) in [6.45, 7) is 26.0. The van der Waals surface area contributed by atoms with E-state index in [1.54, 1.807) is 0 Å². The lowest BCUT2D eigenvalue weighted by atomic mass is 9.64. The third-order valence-corrected chi connectivity index (χ3v) is 10.7. The van der Waals surface area contributed by atoms with Gasteiger partial charge in [-0.05, 0) is 105 Å². The second kappa shape index (κ2) is 15.2. The predicted molar refractivity (Wildman–Crippen MR) is 208 cm³/mol. The van der Waals surface area contributed by atoms with Gasteiger partial charge in [-0.25, -0.2) is 0 Å². The molecular weight excluding hydrogens is 647 g/mol. The lowest BCUT2D eigenvalue weighted by Crippen LogP contribution is -2.49. The fourth-order valence-corrected chi connectivity index (χ4v) is 8.58. The molecule has 4 rings (SSSR count). The molecule has 3 aliphatic rings. The molecule has 0 amide bonds. The topological polar surface area (TPSA) is 108 Å². The summed E-state index contributed by atoms with van der Waals surface area (Å²) in [5.41, 5.74) is 9.28. The SMILES string of the molecule is CCCCNC1=C2C=C(/C(=C\C(C)(C)C)CS(=O)(=O)O)/C(=N/CC)C=C2C(C)(C)c2cc3c(cc21)C(C)CC(C)(C)N3CCCC(=O)OCC. The van der Waals surface area contributed by atoms with E-state index < -0.39 is 21.3 Å². The second-order valence-electron chi connectivity index (χ2n) is 16.4. The Morgan fingerprint density at radius 2 is 1.82 bits per heavy atom. The number of aliphatic imine (C=N–C) groups is 1. The van der Waals surface area contributed by atoms with Crippen LogP contribution in [-0.2, 0) is 25.1 Å². The highest BCUT2D eigenvalue weighted by Gasteiger charge is 2.43. The molecule has 0 saturated carbocycles. The van der Waals surface area contributed by atoms with Crippen molar-refractivity contribution >= 4 is 33.2 Å². The number of nitrogens with one attached hydrogen (secondary N) is 1. The molecule has 0 spiro atoms. The Balaban J connectivity index is 2.00. The molecule has 276 valence electrons. The molecule has 1 aliphatic heterocycles. The van der Waals surface area contributed by atoms with Crippen molar-refractivity contribution < 1.29 is 22.5 Å². The first kappa shape index (κ1) is 39.6. The van der Waals surface area contributed by atoms with Gasteiger partial charge in [-0.15, -0.1) is 0 Å². The molecule has 50 heavy (non-hydrogen) atoms. The van der Waals surface area contributed by atoms with Crippen molar-refractivity contribution in [2.45, 2.75) is 125 Å². The Labute approximate surface area is 302 Å². The van der Waals surface area contributed by atoms with E-state index in [2.05, 4.69) is 76.0 Å². The number of benzene rings is 1. The quantitative estimate of drug-likeness (QED) is 0.120. The Hall–Kier alpha value is -3.17. The highest BCUT2D eigenvalue weighted by atomic mass is 32.2. The van der Waals surface area contributed by atoms with Crippen molar-refractivity contribution in [2.75, 3.05) is 36.9 Å².